The van der Waals surface area contributed by atoms with E-state index in [-0.39, 0.29) is 18.0 Å². The van der Waals surface area contributed by atoms with Crippen LogP contribution in [-0.4, -0.2) is 58.7 Å². The lowest BCUT2D eigenvalue weighted by Crippen LogP contribution is -2.48. The smallest absolute Gasteiger partial charge is 0.269 e. The molecule has 0 radical (unpaired) electrons. The fourth-order valence-electron chi connectivity index (χ4n) is 2.91. The van der Waals surface area contributed by atoms with Gasteiger partial charge in [-0.3, -0.25) is 9.48 Å². The first kappa shape index (κ1) is 14.3. The van der Waals surface area contributed by atoms with E-state index in [2.05, 4.69) is 22.2 Å². The number of carbonyl (C=O) groups is 1. The molecule has 3 rings (SSSR count). The number of hydrogen-bond acceptors (Lipinski definition) is 5. The maximum atomic E-state index is 12.0. The Bertz CT molecular complexity index is 549. The molecule has 21 heavy (non-hydrogen) atoms. The van der Waals surface area contributed by atoms with Crippen LogP contribution in [0.2, 0.25) is 0 Å². The van der Waals surface area contributed by atoms with Crippen molar-refractivity contribution in [1.82, 2.24) is 15.1 Å². The predicted molar refractivity (Wildman–Crippen MR) is 77.5 cm³/mol. The van der Waals surface area contributed by atoms with Gasteiger partial charge in [-0.15, -0.1) is 0 Å². The quantitative estimate of drug-likeness (QED) is 0.812. The van der Waals surface area contributed by atoms with E-state index in [4.69, 9.17) is 4.74 Å². The Kier molecular flexibility index (Phi) is 3.41. The van der Waals surface area contributed by atoms with Gasteiger partial charge in [-0.1, -0.05) is 0 Å². The zero-order valence-electron chi connectivity index (χ0n) is 12.7. The number of rotatable bonds is 2. The molecule has 0 aliphatic carbocycles. The van der Waals surface area contributed by atoms with Gasteiger partial charge in [-0.2, -0.15) is 5.10 Å². The van der Waals surface area contributed by atoms with E-state index in [1.165, 1.54) is 0 Å². The molecule has 0 unspecified atom stereocenters. The molecule has 7 heteroatoms. The van der Waals surface area contributed by atoms with Gasteiger partial charge in [0.05, 0.1) is 30.9 Å². The summed E-state index contributed by atoms with van der Waals surface area (Å²) in [6.07, 6.45) is 0. The molecule has 1 aromatic rings. The number of anilines is 1. The van der Waals surface area contributed by atoms with Crippen LogP contribution in [0.5, 0.6) is 0 Å². The van der Waals surface area contributed by atoms with E-state index in [0.717, 1.165) is 12.4 Å². The van der Waals surface area contributed by atoms with Crippen molar-refractivity contribution in [1.29, 1.82) is 0 Å². The Morgan fingerprint density at radius 1 is 1.52 bits per heavy atom. The van der Waals surface area contributed by atoms with Gasteiger partial charge in [-0.05, 0) is 20.8 Å². The first-order valence-electron chi connectivity index (χ1n) is 7.32. The predicted octanol–water partition coefficient (Wildman–Crippen LogP) is 0.164. The van der Waals surface area contributed by atoms with Crippen molar-refractivity contribution < 1.29 is 14.6 Å². The van der Waals surface area contributed by atoms with Gasteiger partial charge >= 0.3 is 0 Å². The fourth-order valence-corrected chi connectivity index (χ4v) is 2.91. The van der Waals surface area contributed by atoms with Crippen LogP contribution < -0.4 is 10.2 Å². The molecule has 7 nitrogen and oxygen atoms in total. The lowest BCUT2D eigenvalue weighted by Gasteiger charge is -2.34. The molecular formula is C14H22N4O3. The Morgan fingerprint density at radius 2 is 2.29 bits per heavy atom. The summed E-state index contributed by atoms with van der Waals surface area (Å²) in [5.74, 6) is 0.627. The van der Waals surface area contributed by atoms with Gasteiger partial charge in [0.25, 0.3) is 5.91 Å². The van der Waals surface area contributed by atoms with E-state index < -0.39 is 5.60 Å². The summed E-state index contributed by atoms with van der Waals surface area (Å²) in [7, 11) is 0. The number of carbonyl (C=O) groups excluding carboxylic acids is 1. The number of aromatic nitrogens is 2. The second kappa shape index (κ2) is 4.99. The Balaban J connectivity index is 1.98. The van der Waals surface area contributed by atoms with Crippen LogP contribution in [0, 0.1) is 0 Å². The van der Waals surface area contributed by atoms with Crippen molar-refractivity contribution >= 4 is 11.7 Å². The maximum Gasteiger partial charge on any atom is 0.269 e. The van der Waals surface area contributed by atoms with E-state index in [0.29, 0.717) is 25.5 Å². The average molecular weight is 294 g/mol. The third-order valence-corrected chi connectivity index (χ3v) is 4.18. The van der Waals surface area contributed by atoms with Gasteiger partial charge in [0.2, 0.25) is 0 Å². The normalized spacial score (nSPS) is 26.5. The van der Waals surface area contributed by atoms with Crippen molar-refractivity contribution in [3.05, 3.63) is 11.8 Å². The zero-order valence-corrected chi connectivity index (χ0v) is 12.7. The van der Waals surface area contributed by atoms with Crippen LogP contribution in [0.1, 0.15) is 37.3 Å². The highest BCUT2D eigenvalue weighted by Crippen LogP contribution is 2.29. The number of hydrogen-bond donors (Lipinski definition) is 2. The molecule has 116 valence electrons. The SMILES string of the molecule is C[C@@H]1COCCN1c1cc2n(n1)[C@@H](C(C)(C)O)CNC2=O. The first-order chi connectivity index (χ1) is 9.88. The van der Waals surface area contributed by atoms with Crippen LogP contribution in [0.3, 0.4) is 0 Å². The molecule has 0 bridgehead atoms. The van der Waals surface area contributed by atoms with E-state index in [9.17, 15) is 9.90 Å². The summed E-state index contributed by atoms with van der Waals surface area (Å²) < 4.78 is 7.10. The van der Waals surface area contributed by atoms with Gasteiger partial charge in [0, 0.05) is 19.2 Å². The minimum atomic E-state index is -0.956. The summed E-state index contributed by atoms with van der Waals surface area (Å²) in [5, 5.41) is 17.7. The molecule has 0 saturated carbocycles. The third-order valence-electron chi connectivity index (χ3n) is 4.18. The fraction of sp³-hybridized carbons (Fsp3) is 0.714. The Labute approximate surface area is 123 Å². The third kappa shape index (κ3) is 2.51. The van der Waals surface area contributed by atoms with Gasteiger partial charge in [0.15, 0.2) is 5.82 Å². The van der Waals surface area contributed by atoms with Gasteiger partial charge < -0.3 is 20.1 Å². The van der Waals surface area contributed by atoms with Crippen molar-refractivity contribution in [2.24, 2.45) is 0 Å². The van der Waals surface area contributed by atoms with Gasteiger partial charge in [-0.25, -0.2) is 0 Å². The lowest BCUT2D eigenvalue weighted by molar-refractivity contribution is 0.0131. The minimum absolute atomic E-state index is 0.143. The Hall–Kier alpha value is -1.60. The summed E-state index contributed by atoms with van der Waals surface area (Å²) in [4.78, 5) is 14.2. The van der Waals surface area contributed by atoms with Crippen LogP contribution in [-0.2, 0) is 4.74 Å². The monoisotopic (exact) mass is 294 g/mol. The van der Waals surface area contributed by atoms with Crippen LogP contribution in [0.4, 0.5) is 5.82 Å². The summed E-state index contributed by atoms with van der Waals surface area (Å²) in [6, 6.07) is 1.75. The number of amides is 1. The molecule has 1 fully saturated rings. The summed E-state index contributed by atoms with van der Waals surface area (Å²) in [6.45, 7) is 8.00. The molecule has 2 aliphatic rings. The molecule has 1 saturated heterocycles. The van der Waals surface area contributed by atoms with Crippen LogP contribution >= 0.6 is 0 Å². The molecule has 2 aliphatic heterocycles. The zero-order chi connectivity index (χ0) is 15.2. The van der Waals surface area contributed by atoms with E-state index in [1.807, 2.05) is 0 Å². The number of ether oxygens (including phenoxy) is 1. The first-order valence-corrected chi connectivity index (χ1v) is 7.32. The maximum absolute atomic E-state index is 12.0. The highest BCUT2D eigenvalue weighted by molar-refractivity contribution is 5.94. The second-order valence-electron chi connectivity index (χ2n) is 6.33. The highest BCUT2D eigenvalue weighted by atomic mass is 16.5. The number of aliphatic hydroxyl groups is 1. The highest BCUT2D eigenvalue weighted by Gasteiger charge is 2.37. The van der Waals surface area contributed by atoms with Crippen LogP contribution in [0.15, 0.2) is 6.07 Å². The topological polar surface area (TPSA) is 79.6 Å². The Morgan fingerprint density at radius 3 is 2.95 bits per heavy atom. The van der Waals surface area contributed by atoms with Crippen molar-refractivity contribution in [2.75, 3.05) is 31.2 Å². The van der Waals surface area contributed by atoms with Crippen LogP contribution in [0.25, 0.3) is 0 Å². The summed E-state index contributed by atoms with van der Waals surface area (Å²) in [5.41, 5.74) is -0.454. The minimum Gasteiger partial charge on any atom is -0.388 e. The standard InChI is InChI=1S/C14H22N4O3/c1-9-8-21-5-4-17(9)12-6-10-13(19)15-7-11(14(2,3)20)18(10)16-12/h6,9,11,20H,4-5,7-8H2,1-3H3,(H,15,19)/t9-,11-/m1/s1. The number of nitrogens with one attached hydrogen (secondary N) is 1. The largest absolute Gasteiger partial charge is 0.388 e. The molecule has 2 N–H and O–H groups in total. The van der Waals surface area contributed by atoms with Gasteiger partial charge in [0.1, 0.15) is 5.69 Å². The molecule has 1 aromatic heterocycles. The molecule has 1 amide bonds. The number of fused-ring (bicyclic) bond motifs is 1. The van der Waals surface area contributed by atoms with Crippen molar-refractivity contribution in [3.63, 3.8) is 0 Å². The van der Waals surface area contributed by atoms with E-state index in [1.54, 1.807) is 24.6 Å². The molecule has 2 atom stereocenters. The lowest BCUT2D eigenvalue weighted by atomic mass is 9.97. The molecular weight excluding hydrogens is 272 g/mol. The number of nitrogens with zero attached hydrogens (tertiary/aromatic N) is 3. The molecule has 0 spiro atoms. The number of morpholine rings is 1. The molecule has 0 aromatic carbocycles. The van der Waals surface area contributed by atoms with Crippen molar-refractivity contribution in [2.45, 2.75) is 38.5 Å². The molecule has 3 heterocycles. The average Bonchev–Trinajstić information content (AvgIpc) is 2.83. The van der Waals surface area contributed by atoms with Crippen molar-refractivity contribution in [3.8, 4) is 0 Å². The second-order valence-corrected chi connectivity index (χ2v) is 6.33. The summed E-state index contributed by atoms with van der Waals surface area (Å²) >= 11 is 0. The van der Waals surface area contributed by atoms with E-state index >= 15 is 0 Å².